The van der Waals surface area contributed by atoms with Crippen molar-refractivity contribution in [2.75, 3.05) is 13.2 Å². The summed E-state index contributed by atoms with van der Waals surface area (Å²) in [6.07, 6.45) is 0.336. The largest absolute Gasteiger partial charge is 0.390 e. The van der Waals surface area contributed by atoms with Crippen molar-refractivity contribution in [2.24, 2.45) is 0 Å². The van der Waals surface area contributed by atoms with Gasteiger partial charge < -0.3 is 19.7 Å². The van der Waals surface area contributed by atoms with Gasteiger partial charge in [0.1, 0.15) is 5.60 Å². The Bertz CT molecular complexity index is 852. The zero-order valence-electron chi connectivity index (χ0n) is 16.8. The molecular weight excluding hydrogens is 388 g/mol. The third-order valence-electron chi connectivity index (χ3n) is 6.33. The zero-order chi connectivity index (χ0) is 20.6. The molecule has 2 saturated heterocycles. The summed E-state index contributed by atoms with van der Waals surface area (Å²) in [5, 5.41) is 23.0. The number of halogens is 1. The van der Waals surface area contributed by atoms with Gasteiger partial charge in [-0.3, -0.25) is 0 Å². The Hall–Kier alpha value is -1.61. The molecule has 3 unspecified atom stereocenters. The summed E-state index contributed by atoms with van der Waals surface area (Å²) in [5.74, 6) is -0.428. The Kier molecular flexibility index (Phi) is 5.88. The molecule has 0 amide bonds. The molecule has 5 heteroatoms. The number of fused-ring (bicyclic) bond motifs is 2. The number of hydrogen-bond donors (Lipinski definition) is 2. The minimum atomic E-state index is -0.843. The van der Waals surface area contributed by atoms with Gasteiger partial charge in [-0.1, -0.05) is 36.7 Å². The highest BCUT2D eigenvalue weighted by atomic mass is 35.5. The van der Waals surface area contributed by atoms with E-state index in [4.69, 9.17) is 21.1 Å². The fourth-order valence-electron chi connectivity index (χ4n) is 4.76. The molecule has 2 aliphatic rings. The van der Waals surface area contributed by atoms with E-state index in [0.717, 1.165) is 35.1 Å². The molecule has 4 rings (SSSR count). The van der Waals surface area contributed by atoms with Gasteiger partial charge >= 0.3 is 0 Å². The molecule has 0 spiro atoms. The number of ether oxygens (including phenoxy) is 2. The summed E-state index contributed by atoms with van der Waals surface area (Å²) in [5.41, 5.74) is 3.15. The Morgan fingerprint density at radius 1 is 1.21 bits per heavy atom. The summed E-state index contributed by atoms with van der Waals surface area (Å²) in [6, 6.07) is 15.8. The van der Waals surface area contributed by atoms with Crippen LogP contribution in [0.4, 0.5) is 0 Å². The Morgan fingerprint density at radius 2 is 2.03 bits per heavy atom. The fourth-order valence-corrected chi connectivity index (χ4v) is 4.87. The molecule has 0 aromatic heterocycles. The topological polar surface area (TPSA) is 58.9 Å². The Labute approximate surface area is 177 Å². The molecule has 4 nitrogen and oxygen atoms in total. The maximum atomic E-state index is 11.4. The molecule has 0 radical (unpaired) electrons. The third kappa shape index (κ3) is 3.67. The van der Waals surface area contributed by atoms with Crippen LogP contribution in [0.2, 0.25) is 5.02 Å². The standard InChI is InChI=1S/C24H27ClO4/c1-3-15-5-6-17(16-7-9-18(25)10-8-16)13-19(15)21-22(26)20-11-12-24(29-20,23(21)27)14-28-4-2/h5-7,9,13,20-23,26-27H,3-4,11-12,14H2,1-2H3/t20-,21?,22?,23?,24-/m0/s1. The van der Waals surface area contributed by atoms with Crippen molar-refractivity contribution < 1.29 is 19.7 Å². The van der Waals surface area contributed by atoms with Crippen LogP contribution in [0.25, 0.3) is 11.1 Å². The quantitative estimate of drug-likeness (QED) is 0.751. The van der Waals surface area contributed by atoms with E-state index < -0.39 is 23.7 Å². The van der Waals surface area contributed by atoms with Crippen molar-refractivity contribution in [1.29, 1.82) is 0 Å². The summed E-state index contributed by atoms with van der Waals surface area (Å²) < 4.78 is 11.8. The average Bonchev–Trinajstić information content (AvgIpc) is 3.14. The first-order valence-corrected chi connectivity index (χ1v) is 10.7. The molecule has 2 aromatic rings. The average molecular weight is 415 g/mol. The Morgan fingerprint density at radius 3 is 2.72 bits per heavy atom. The van der Waals surface area contributed by atoms with E-state index in [1.165, 1.54) is 0 Å². The highest BCUT2D eigenvalue weighted by Gasteiger charge is 2.58. The smallest absolute Gasteiger partial charge is 0.118 e. The normalized spacial score (nSPS) is 30.9. The second-order valence-corrected chi connectivity index (χ2v) is 8.38. The van der Waals surface area contributed by atoms with Gasteiger partial charge in [0.15, 0.2) is 0 Å². The predicted octanol–water partition coefficient (Wildman–Crippen LogP) is 3.94. The van der Waals surface area contributed by atoms with Crippen molar-refractivity contribution in [3.8, 4) is 11.1 Å². The van der Waals surface area contributed by atoms with Gasteiger partial charge in [-0.2, -0.15) is 0 Å². The lowest BCUT2D eigenvalue weighted by Crippen LogP contribution is -2.58. The SMILES string of the molecule is CCOC[C@]12CC[C@H](O1)C(O)C(c1cc(-c3c#cc(Cl)cc3)ccc1CC)C2O. The number of rotatable bonds is 6. The Balaban J connectivity index is 1.75. The summed E-state index contributed by atoms with van der Waals surface area (Å²) in [6.45, 7) is 4.92. The summed E-state index contributed by atoms with van der Waals surface area (Å²) in [7, 11) is 0. The van der Waals surface area contributed by atoms with Crippen LogP contribution in [0.5, 0.6) is 0 Å². The first-order chi connectivity index (χ1) is 14.0. The molecule has 0 aliphatic carbocycles. The van der Waals surface area contributed by atoms with Crippen LogP contribution in [0.3, 0.4) is 0 Å². The first-order valence-electron chi connectivity index (χ1n) is 10.3. The molecular formula is C24H27ClO4. The van der Waals surface area contributed by atoms with Gasteiger partial charge in [0.05, 0.1) is 29.9 Å². The van der Waals surface area contributed by atoms with Crippen molar-refractivity contribution in [3.63, 3.8) is 0 Å². The second kappa shape index (κ2) is 8.26. The van der Waals surface area contributed by atoms with Crippen LogP contribution < -0.4 is 0 Å². The molecule has 2 bridgehead atoms. The van der Waals surface area contributed by atoms with Crippen molar-refractivity contribution in [1.82, 2.24) is 0 Å². The van der Waals surface area contributed by atoms with Crippen LogP contribution in [0, 0.1) is 12.1 Å². The molecule has 2 N–H and O–H groups in total. The van der Waals surface area contributed by atoms with E-state index >= 15 is 0 Å². The van der Waals surface area contributed by atoms with E-state index in [1.807, 2.05) is 19.1 Å². The van der Waals surface area contributed by atoms with Crippen LogP contribution in [0.15, 0.2) is 30.3 Å². The number of aliphatic hydroxyl groups excluding tert-OH is 2. The lowest BCUT2D eigenvalue weighted by atomic mass is 9.76. The van der Waals surface area contributed by atoms with E-state index in [9.17, 15) is 10.2 Å². The molecule has 2 aliphatic heterocycles. The molecule has 2 fully saturated rings. The molecule has 0 saturated carbocycles. The number of benzene rings is 1. The summed E-state index contributed by atoms with van der Waals surface area (Å²) in [4.78, 5) is 0. The summed E-state index contributed by atoms with van der Waals surface area (Å²) >= 11 is 5.96. The number of hydrogen-bond acceptors (Lipinski definition) is 4. The minimum absolute atomic E-state index is 0.285. The van der Waals surface area contributed by atoms with E-state index in [0.29, 0.717) is 24.7 Å². The zero-order valence-corrected chi connectivity index (χ0v) is 17.6. The van der Waals surface area contributed by atoms with Gasteiger partial charge in [-0.25, -0.2) is 0 Å². The van der Waals surface area contributed by atoms with Gasteiger partial charge in [0.25, 0.3) is 0 Å². The van der Waals surface area contributed by atoms with Crippen molar-refractivity contribution >= 4 is 11.6 Å². The predicted molar refractivity (Wildman–Crippen MR) is 112 cm³/mol. The van der Waals surface area contributed by atoms with Crippen molar-refractivity contribution in [3.05, 3.63) is 58.6 Å². The van der Waals surface area contributed by atoms with Gasteiger partial charge in [-0.05, 0) is 67.1 Å². The molecule has 5 atom stereocenters. The maximum absolute atomic E-state index is 11.4. The second-order valence-electron chi connectivity index (χ2n) is 7.97. The number of aliphatic hydroxyl groups is 2. The van der Waals surface area contributed by atoms with Crippen molar-refractivity contribution in [2.45, 2.75) is 62.9 Å². The van der Waals surface area contributed by atoms with Crippen LogP contribution in [0.1, 0.15) is 43.7 Å². The monoisotopic (exact) mass is 414 g/mol. The van der Waals surface area contributed by atoms with E-state index in [1.54, 1.807) is 6.07 Å². The van der Waals surface area contributed by atoms with E-state index in [2.05, 4.69) is 31.2 Å². The van der Waals surface area contributed by atoms with Gasteiger partial charge in [0, 0.05) is 18.1 Å². The van der Waals surface area contributed by atoms with Crippen LogP contribution in [-0.4, -0.2) is 47.3 Å². The highest BCUT2D eigenvalue weighted by Crippen LogP contribution is 2.49. The highest BCUT2D eigenvalue weighted by molar-refractivity contribution is 6.30. The third-order valence-corrected chi connectivity index (χ3v) is 6.55. The van der Waals surface area contributed by atoms with Gasteiger partial charge in [0.2, 0.25) is 0 Å². The van der Waals surface area contributed by atoms with Gasteiger partial charge in [-0.15, -0.1) is 0 Å². The van der Waals surface area contributed by atoms with E-state index in [-0.39, 0.29) is 6.10 Å². The maximum Gasteiger partial charge on any atom is 0.118 e. The first kappa shape index (κ1) is 20.7. The lowest BCUT2D eigenvalue weighted by Gasteiger charge is -2.45. The molecule has 154 valence electrons. The minimum Gasteiger partial charge on any atom is -0.390 e. The molecule has 2 heterocycles. The molecule has 2 aromatic carbocycles. The number of aryl methyl sites for hydroxylation is 1. The lowest BCUT2D eigenvalue weighted by molar-refractivity contribution is -0.218. The fraction of sp³-hybridized carbons (Fsp3) is 0.500. The van der Waals surface area contributed by atoms with Crippen LogP contribution in [-0.2, 0) is 15.9 Å². The van der Waals surface area contributed by atoms with Crippen LogP contribution >= 0.6 is 11.6 Å². The molecule has 29 heavy (non-hydrogen) atoms.